The number of rotatable bonds is 4. The van der Waals surface area contributed by atoms with E-state index in [9.17, 15) is 31.1 Å². The molecule has 0 heterocycles. The Morgan fingerprint density at radius 3 is 2.15 bits per heavy atom. The quantitative estimate of drug-likeness (QED) is 0.841. The Hall–Kier alpha value is -1.77. The van der Waals surface area contributed by atoms with Gasteiger partial charge in [0.25, 0.3) is 0 Å². The van der Waals surface area contributed by atoms with Gasteiger partial charge in [0.1, 0.15) is 6.04 Å². The average Bonchev–Trinajstić information content (AvgIpc) is 2.26. The van der Waals surface area contributed by atoms with Crippen molar-refractivity contribution in [1.29, 1.82) is 0 Å². The van der Waals surface area contributed by atoms with Crippen molar-refractivity contribution in [2.24, 2.45) is 0 Å². The molecule has 3 nitrogen and oxygen atoms in total. The summed E-state index contributed by atoms with van der Waals surface area (Å²) in [5, 5.41) is 10.4. The highest BCUT2D eigenvalue weighted by Gasteiger charge is 2.38. The first kappa shape index (κ1) is 16.3. The van der Waals surface area contributed by atoms with Gasteiger partial charge < -0.3 is 5.11 Å². The predicted molar refractivity (Wildman–Crippen MR) is 55.9 cm³/mol. The van der Waals surface area contributed by atoms with Crippen LogP contribution in [0.4, 0.5) is 26.3 Å². The van der Waals surface area contributed by atoms with E-state index in [0.29, 0.717) is 6.07 Å². The lowest BCUT2D eigenvalue weighted by atomic mass is 10.00. The molecule has 20 heavy (non-hydrogen) atoms. The third-order valence-corrected chi connectivity index (χ3v) is 2.33. The zero-order chi connectivity index (χ0) is 15.6. The zero-order valence-corrected chi connectivity index (χ0v) is 9.72. The summed E-state index contributed by atoms with van der Waals surface area (Å²) < 4.78 is 74.3. The number of carboxylic acid groups (broad SMARTS) is 1. The largest absolute Gasteiger partial charge is 0.480 e. The molecule has 0 saturated heterocycles. The monoisotopic (exact) mass is 301 g/mol. The SMILES string of the molecule is O=C(O)C(NCC(F)(F)F)c1ccccc1C(F)(F)F. The zero-order valence-electron chi connectivity index (χ0n) is 9.72. The molecule has 0 aromatic heterocycles. The van der Waals surface area contributed by atoms with Gasteiger partial charge in [-0.15, -0.1) is 0 Å². The highest BCUT2D eigenvalue weighted by molar-refractivity contribution is 5.76. The number of benzene rings is 1. The standard InChI is InChI=1S/C11H9F6NO2/c12-10(13,14)5-18-8(9(19)20)6-3-1-2-4-7(6)11(15,16)17/h1-4,8,18H,5H2,(H,19,20). The Morgan fingerprint density at radius 2 is 1.70 bits per heavy atom. The highest BCUT2D eigenvalue weighted by atomic mass is 19.4. The summed E-state index contributed by atoms with van der Waals surface area (Å²) in [5.41, 5.74) is -2.06. The Balaban J connectivity index is 3.13. The topological polar surface area (TPSA) is 49.3 Å². The van der Waals surface area contributed by atoms with Crippen LogP contribution in [0.5, 0.6) is 0 Å². The first-order valence-electron chi connectivity index (χ1n) is 5.21. The summed E-state index contributed by atoms with van der Waals surface area (Å²) in [6.45, 7) is -1.71. The van der Waals surface area contributed by atoms with Crippen LogP contribution in [0.15, 0.2) is 24.3 Å². The van der Waals surface area contributed by atoms with Crippen molar-refractivity contribution in [2.75, 3.05) is 6.54 Å². The third-order valence-electron chi connectivity index (χ3n) is 2.33. The summed E-state index contributed by atoms with van der Waals surface area (Å²) in [4.78, 5) is 10.9. The van der Waals surface area contributed by atoms with Gasteiger partial charge in [-0.2, -0.15) is 26.3 Å². The van der Waals surface area contributed by atoms with Crippen LogP contribution in [0.25, 0.3) is 0 Å². The summed E-state index contributed by atoms with van der Waals surface area (Å²) in [7, 11) is 0. The number of hydrogen-bond donors (Lipinski definition) is 2. The Labute approximate surface area is 109 Å². The second-order valence-electron chi connectivity index (χ2n) is 3.85. The lowest BCUT2D eigenvalue weighted by Gasteiger charge is -2.20. The third kappa shape index (κ3) is 4.41. The summed E-state index contributed by atoms with van der Waals surface area (Å²) in [6.07, 6.45) is -9.59. The molecule has 0 radical (unpaired) electrons. The maximum absolute atomic E-state index is 12.7. The molecule has 0 aliphatic heterocycles. The highest BCUT2D eigenvalue weighted by Crippen LogP contribution is 2.34. The second-order valence-corrected chi connectivity index (χ2v) is 3.85. The molecule has 0 saturated carbocycles. The van der Waals surface area contributed by atoms with Crippen LogP contribution in [-0.2, 0) is 11.0 Å². The van der Waals surface area contributed by atoms with E-state index in [1.807, 2.05) is 0 Å². The van der Waals surface area contributed by atoms with Crippen molar-refractivity contribution in [3.63, 3.8) is 0 Å². The fourth-order valence-electron chi connectivity index (χ4n) is 1.55. The number of halogens is 6. The minimum absolute atomic E-state index is 0.612. The van der Waals surface area contributed by atoms with Crippen LogP contribution < -0.4 is 5.32 Å². The molecule has 0 aliphatic rings. The molecule has 112 valence electrons. The molecule has 1 unspecified atom stereocenters. The molecule has 0 aliphatic carbocycles. The van der Waals surface area contributed by atoms with Crippen molar-refractivity contribution in [2.45, 2.75) is 18.4 Å². The van der Waals surface area contributed by atoms with Crippen molar-refractivity contribution >= 4 is 5.97 Å². The van der Waals surface area contributed by atoms with Gasteiger partial charge in [0.05, 0.1) is 12.1 Å². The van der Waals surface area contributed by atoms with Gasteiger partial charge in [-0.25, -0.2) is 0 Å². The maximum atomic E-state index is 12.7. The van der Waals surface area contributed by atoms with E-state index in [4.69, 9.17) is 5.11 Å². The fraction of sp³-hybridized carbons (Fsp3) is 0.364. The van der Waals surface area contributed by atoms with Crippen molar-refractivity contribution in [3.8, 4) is 0 Å². The summed E-state index contributed by atoms with van der Waals surface area (Å²) >= 11 is 0. The number of aliphatic carboxylic acids is 1. The number of carbonyl (C=O) groups is 1. The van der Waals surface area contributed by atoms with E-state index in [1.165, 1.54) is 0 Å². The van der Waals surface area contributed by atoms with Gasteiger partial charge in [-0.05, 0) is 11.6 Å². The van der Waals surface area contributed by atoms with E-state index in [-0.39, 0.29) is 0 Å². The Morgan fingerprint density at radius 1 is 1.15 bits per heavy atom. The van der Waals surface area contributed by atoms with Gasteiger partial charge in [0.2, 0.25) is 0 Å². The Kier molecular flexibility index (Phi) is 4.64. The molecule has 1 atom stereocenters. The lowest BCUT2D eigenvalue weighted by Crippen LogP contribution is -2.37. The fourth-order valence-corrected chi connectivity index (χ4v) is 1.55. The second kappa shape index (κ2) is 5.70. The number of hydrogen-bond acceptors (Lipinski definition) is 2. The molecule has 0 amide bonds. The van der Waals surface area contributed by atoms with Gasteiger partial charge in [0.15, 0.2) is 0 Å². The molecular formula is C11H9F6NO2. The average molecular weight is 301 g/mol. The number of alkyl halides is 6. The van der Waals surface area contributed by atoms with Gasteiger partial charge in [-0.1, -0.05) is 18.2 Å². The van der Waals surface area contributed by atoms with Gasteiger partial charge in [0, 0.05) is 0 Å². The minimum atomic E-state index is -4.86. The van der Waals surface area contributed by atoms with Crippen LogP contribution in [0.1, 0.15) is 17.2 Å². The molecule has 1 rings (SSSR count). The molecule has 0 bridgehead atoms. The number of carboxylic acids is 1. The van der Waals surface area contributed by atoms with Crippen molar-refractivity contribution < 1.29 is 36.2 Å². The summed E-state index contributed by atoms with van der Waals surface area (Å²) in [5.74, 6) is -1.83. The smallest absolute Gasteiger partial charge is 0.416 e. The van der Waals surface area contributed by atoms with E-state index in [1.54, 1.807) is 5.32 Å². The van der Waals surface area contributed by atoms with E-state index < -0.39 is 42.0 Å². The number of nitrogens with one attached hydrogen (secondary N) is 1. The first-order valence-corrected chi connectivity index (χ1v) is 5.21. The maximum Gasteiger partial charge on any atom is 0.416 e. The molecule has 1 aromatic rings. The minimum Gasteiger partial charge on any atom is -0.480 e. The van der Waals surface area contributed by atoms with Crippen LogP contribution in [0.2, 0.25) is 0 Å². The van der Waals surface area contributed by atoms with Crippen LogP contribution in [0.3, 0.4) is 0 Å². The Bertz CT molecular complexity index is 483. The molecule has 0 spiro atoms. The van der Waals surface area contributed by atoms with Gasteiger partial charge >= 0.3 is 18.3 Å². The molecular weight excluding hydrogens is 292 g/mol. The van der Waals surface area contributed by atoms with Crippen LogP contribution in [-0.4, -0.2) is 23.8 Å². The summed E-state index contributed by atoms with van der Waals surface area (Å²) in [6, 6.07) is 1.48. The normalized spacial score (nSPS) is 14.1. The predicted octanol–water partition coefficient (Wildman–Crippen LogP) is 2.98. The van der Waals surface area contributed by atoms with Crippen molar-refractivity contribution in [1.82, 2.24) is 5.32 Å². The van der Waals surface area contributed by atoms with E-state index in [2.05, 4.69) is 0 Å². The molecule has 9 heteroatoms. The first-order chi connectivity index (χ1) is 9.02. The van der Waals surface area contributed by atoms with Crippen LogP contribution in [0, 0.1) is 0 Å². The van der Waals surface area contributed by atoms with Crippen LogP contribution >= 0.6 is 0 Å². The molecule has 0 fully saturated rings. The van der Waals surface area contributed by atoms with Crippen molar-refractivity contribution in [3.05, 3.63) is 35.4 Å². The molecule has 1 aromatic carbocycles. The van der Waals surface area contributed by atoms with E-state index >= 15 is 0 Å². The van der Waals surface area contributed by atoms with E-state index in [0.717, 1.165) is 18.2 Å². The lowest BCUT2D eigenvalue weighted by molar-refractivity contribution is -0.145. The molecule has 2 N–H and O–H groups in total. The van der Waals surface area contributed by atoms with Gasteiger partial charge in [-0.3, -0.25) is 10.1 Å².